The number of ether oxygens (including phenoxy) is 1. The van der Waals surface area contributed by atoms with E-state index in [2.05, 4.69) is 35.2 Å². The van der Waals surface area contributed by atoms with Gasteiger partial charge in [-0.25, -0.2) is 4.99 Å². The van der Waals surface area contributed by atoms with E-state index in [1.807, 2.05) is 54.6 Å². The van der Waals surface area contributed by atoms with E-state index in [-0.39, 0.29) is 0 Å². The van der Waals surface area contributed by atoms with Gasteiger partial charge in [-0.3, -0.25) is 4.90 Å². The zero-order valence-electron chi connectivity index (χ0n) is 19.2. The molecule has 0 saturated carbocycles. The van der Waals surface area contributed by atoms with Crippen LogP contribution in [-0.2, 0) is 26.1 Å². The van der Waals surface area contributed by atoms with Gasteiger partial charge in [-0.15, -0.1) is 11.3 Å². The molecule has 0 amide bonds. The maximum Gasteiger partial charge on any atom is 0.134 e. The molecule has 0 unspecified atom stereocenters. The van der Waals surface area contributed by atoms with E-state index >= 15 is 0 Å². The molecule has 1 aliphatic heterocycles. The molecule has 2 heterocycles. The van der Waals surface area contributed by atoms with Crippen LogP contribution in [0.15, 0.2) is 83.9 Å². The number of fused-ring (bicyclic) bond motifs is 1. The summed E-state index contributed by atoms with van der Waals surface area (Å²) < 4.78 is 6.06. The van der Waals surface area contributed by atoms with E-state index in [1.54, 1.807) is 17.6 Å². The number of halogens is 1. The molecular weight excluding hydrogens is 474 g/mol. The van der Waals surface area contributed by atoms with Crippen molar-refractivity contribution in [3.8, 4) is 11.8 Å². The van der Waals surface area contributed by atoms with Gasteiger partial charge in [0.2, 0.25) is 0 Å². The Balaban J connectivity index is 1.32. The van der Waals surface area contributed by atoms with Gasteiger partial charge in [0.05, 0.1) is 5.56 Å². The van der Waals surface area contributed by atoms with Crippen LogP contribution in [0, 0.1) is 11.3 Å². The molecule has 1 aliphatic rings. The number of hydrogen-bond acceptors (Lipinski definition) is 5. The second kappa shape index (κ2) is 10.9. The number of para-hydroxylation sites is 1. The van der Waals surface area contributed by atoms with E-state index in [0.717, 1.165) is 53.5 Å². The van der Waals surface area contributed by atoms with Gasteiger partial charge < -0.3 is 4.74 Å². The number of nitriles is 1. The van der Waals surface area contributed by atoms with Crippen molar-refractivity contribution < 1.29 is 4.74 Å². The number of rotatable bonds is 7. The summed E-state index contributed by atoms with van der Waals surface area (Å²) >= 11 is 7.60. The lowest BCUT2D eigenvalue weighted by molar-refractivity contribution is 0.249. The lowest BCUT2D eigenvalue weighted by Gasteiger charge is -2.26. The highest BCUT2D eigenvalue weighted by molar-refractivity contribution is 7.16. The second-order valence-electron chi connectivity index (χ2n) is 8.45. The largest absolute Gasteiger partial charge is 0.488 e. The monoisotopic (exact) mass is 497 g/mol. The lowest BCUT2D eigenvalue weighted by atomic mass is 10.0. The maximum atomic E-state index is 9.88. The third kappa shape index (κ3) is 5.63. The number of aliphatic imine (C=N–C) groups is 1. The highest BCUT2D eigenvalue weighted by atomic mass is 35.5. The standard InChI is InChI=1S/C29H24ClN3OS/c30-24-12-10-22(11-13-24)20-34-27-9-5-4-8-23(27)17-32-29-26(16-31)25-14-15-33(19-28(25)35-29)18-21-6-2-1-3-7-21/h1-13,17H,14-15,18-20H2. The van der Waals surface area contributed by atoms with Crippen LogP contribution in [0.4, 0.5) is 5.00 Å². The molecule has 6 heteroatoms. The molecule has 0 saturated heterocycles. The zero-order valence-corrected chi connectivity index (χ0v) is 20.7. The van der Waals surface area contributed by atoms with Crippen molar-refractivity contribution in [2.45, 2.75) is 26.1 Å². The minimum absolute atomic E-state index is 0.440. The van der Waals surface area contributed by atoms with Crippen molar-refractivity contribution in [2.24, 2.45) is 4.99 Å². The molecule has 5 rings (SSSR count). The van der Waals surface area contributed by atoms with Crippen molar-refractivity contribution in [1.82, 2.24) is 4.90 Å². The topological polar surface area (TPSA) is 48.6 Å². The first kappa shape index (κ1) is 23.3. The average molecular weight is 498 g/mol. The summed E-state index contributed by atoms with van der Waals surface area (Å²) in [5.41, 5.74) is 5.09. The molecule has 0 spiro atoms. The Bertz CT molecular complexity index is 1370. The summed E-state index contributed by atoms with van der Waals surface area (Å²) in [7, 11) is 0. The van der Waals surface area contributed by atoms with E-state index in [9.17, 15) is 5.26 Å². The van der Waals surface area contributed by atoms with Crippen LogP contribution >= 0.6 is 22.9 Å². The number of benzene rings is 3. The van der Waals surface area contributed by atoms with Crippen LogP contribution in [-0.4, -0.2) is 17.7 Å². The smallest absolute Gasteiger partial charge is 0.134 e. The molecule has 0 fully saturated rings. The number of nitrogens with zero attached hydrogens (tertiary/aromatic N) is 3. The summed E-state index contributed by atoms with van der Waals surface area (Å²) in [5, 5.41) is 11.4. The van der Waals surface area contributed by atoms with Crippen molar-refractivity contribution in [3.05, 3.63) is 117 Å². The molecule has 35 heavy (non-hydrogen) atoms. The molecule has 174 valence electrons. The number of thiophene rings is 1. The molecule has 4 nitrogen and oxygen atoms in total. The molecule has 0 atom stereocenters. The second-order valence-corrected chi connectivity index (χ2v) is 9.97. The third-order valence-electron chi connectivity index (χ3n) is 6.03. The molecule has 0 bridgehead atoms. The van der Waals surface area contributed by atoms with Crippen LogP contribution < -0.4 is 4.74 Å². The highest BCUT2D eigenvalue weighted by Crippen LogP contribution is 2.39. The fraction of sp³-hybridized carbons (Fsp3) is 0.172. The van der Waals surface area contributed by atoms with E-state index in [4.69, 9.17) is 21.3 Å². The Morgan fingerprint density at radius 1 is 1.00 bits per heavy atom. The molecule has 0 radical (unpaired) electrons. The van der Waals surface area contributed by atoms with Crippen molar-refractivity contribution in [1.29, 1.82) is 5.26 Å². The predicted octanol–water partition coefficient (Wildman–Crippen LogP) is 7.16. The quantitative estimate of drug-likeness (QED) is 0.254. The van der Waals surface area contributed by atoms with Crippen LogP contribution in [0.25, 0.3) is 0 Å². The fourth-order valence-electron chi connectivity index (χ4n) is 4.21. The SMILES string of the molecule is N#Cc1c(N=Cc2ccccc2OCc2ccc(Cl)cc2)sc2c1CCN(Cc1ccccc1)C2. The first-order valence-corrected chi connectivity index (χ1v) is 12.7. The van der Waals surface area contributed by atoms with Crippen LogP contribution in [0.2, 0.25) is 5.02 Å². The maximum absolute atomic E-state index is 9.88. The minimum atomic E-state index is 0.440. The van der Waals surface area contributed by atoms with E-state index in [1.165, 1.54) is 10.4 Å². The van der Waals surface area contributed by atoms with Crippen LogP contribution in [0.1, 0.15) is 32.7 Å². The van der Waals surface area contributed by atoms with Gasteiger partial charge >= 0.3 is 0 Å². The molecule has 0 N–H and O–H groups in total. The molecule has 4 aromatic rings. The Morgan fingerprint density at radius 2 is 1.77 bits per heavy atom. The molecule has 1 aromatic heterocycles. The van der Waals surface area contributed by atoms with Gasteiger partial charge in [-0.2, -0.15) is 5.26 Å². The summed E-state index contributed by atoms with van der Waals surface area (Å²) in [6, 6.07) is 28.4. The molecule has 3 aromatic carbocycles. The van der Waals surface area contributed by atoms with E-state index in [0.29, 0.717) is 17.2 Å². The van der Waals surface area contributed by atoms with Gasteiger partial charge in [0, 0.05) is 41.3 Å². The normalized spacial score (nSPS) is 13.5. The Labute approximate surface area is 214 Å². The first-order chi connectivity index (χ1) is 17.2. The summed E-state index contributed by atoms with van der Waals surface area (Å²) in [6.45, 7) is 3.14. The van der Waals surface area contributed by atoms with Crippen LogP contribution in [0.3, 0.4) is 0 Å². The van der Waals surface area contributed by atoms with Crippen molar-refractivity contribution in [2.75, 3.05) is 6.54 Å². The summed E-state index contributed by atoms with van der Waals surface area (Å²) in [6.07, 6.45) is 2.68. The van der Waals surface area contributed by atoms with Gasteiger partial charge in [-0.05, 0) is 47.4 Å². The summed E-state index contributed by atoms with van der Waals surface area (Å²) in [5.74, 6) is 0.750. The minimum Gasteiger partial charge on any atom is -0.488 e. The van der Waals surface area contributed by atoms with Gasteiger partial charge in [0.25, 0.3) is 0 Å². The first-order valence-electron chi connectivity index (χ1n) is 11.5. The van der Waals surface area contributed by atoms with E-state index < -0.39 is 0 Å². The van der Waals surface area contributed by atoms with Crippen molar-refractivity contribution in [3.63, 3.8) is 0 Å². The van der Waals surface area contributed by atoms with Crippen molar-refractivity contribution >= 4 is 34.2 Å². The van der Waals surface area contributed by atoms with Gasteiger partial charge in [0.1, 0.15) is 23.4 Å². The summed E-state index contributed by atoms with van der Waals surface area (Å²) in [4.78, 5) is 8.42. The molecular formula is C29H24ClN3OS. The Hall–Kier alpha value is -3.43. The van der Waals surface area contributed by atoms with Gasteiger partial charge in [0.15, 0.2) is 0 Å². The zero-order chi connectivity index (χ0) is 24.0. The Morgan fingerprint density at radius 3 is 2.57 bits per heavy atom. The van der Waals surface area contributed by atoms with Gasteiger partial charge in [-0.1, -0.05) is 66.2 Å². The molecule has 0 aliphatic carbocycles. The average Bonchev–Trinajstić information content (AvgIpc) is 3.25. The fourth-order valence-corrected chi connectivity index (χ4v) is 5.52. The third-order valence-corrected chi connectivity index (χ3v) is 7.40. The number of hydrogen-bond donors (Lipinski definition) is 0. The highest BCUT2D eigenvalue weighted by Gasteiger charge is 2.24. The lowest BCUT2D eigenvalue weighted by Crippen LogP contribution is -2.29. The Kier molecular flexibility index (Phi) is 7.25. The van der Waals surface area contributed by atoms with Crippen LogP contribution in [0.5, 0.6) is 5.75 Å². The predicted molar refractivity (Wildman–Crippen MR) is 143 cm³/mol.